The quantitative estimate of drug-likeness (QED) is 0.820. The SMILES string of the molecule is [2H]c1c([2H])c(C#N)c([2H])c(-c2cnc(C(=O)CC([2H])([2H])C(=O)O)c(O)c2)c1[2H]. The molecule has 2 N–H and O–H groups in total. The van der Waals surface area contributed by atoms with E-state index in [0.717, 1.165) is 12.3 Å². The topological polar surface area (TPSA) is 111 Å². The number of aromatic hydroxyl groups is 1. The van der Waals surface area contributed by atoms with E-state index in [1.165, 1.54) is 0 Å². The fourth-order valence-corrected chi connectivity index (χ4v) is 1.59. The Balaban J connectivity index is 2.55. The van der Waals surface area contributed by atoms with Gasteiger partial charge in [0.1, 0.15) is 11.4 Å². The van der Waals surface area contributed by atoms with Crippen molar-refractivity contribution in [2.45, 2.75) is 12.8 Å². The molecule has 0 fully saturated rings. The predicted molar refractivity (Wildman–Crippen MR) is 77.3 cm³/mol. The van der Waals surface area contributed by atoms with Crippen molar-refractivity contribution in [3.8, 4) is 22.9 Å². The molecule has 0 saturated heterocycles. The lowest BCUT2D eigenvalue weighted by atomic mass is 10.0. The fraction of sp³-hybridized carbons (Fsp3) is 0.125. The van der Waals surface area contributed by atoms with Crippen LogP contribution in [0.25, 0.3) is 11.1 Å². The molecule has 0 amide bonds. The highest BCUT2D eigenvalue weighted by molar-refractivity contribution is 5.98. The van der Waals surface area contributed by atoms with Gasteiger partial charge in [0.15, 0.2) is 5.78 Å². The molecule has 2 rings (SSSR count). The zero-order valence-electron chi connectivity index (χ0n) is 17.0. The molecule has 6 heteroatoms. The van der Waals surface area contributed by atoms with Crippen molar-refractivity contribution in [3.63, 3.8) is 0 Å². The van der Waals surface area contributed by atoms with Gasteiger partial charge >= 0.3 is 5.97 Å². The molecule has 22 heavy (non-hydrogen) atoms. The van der Waals surface area contributed by atoms with E-state index in [4.69, 9.17) is 18.6 Å². The van der Waals surface area contributed by atoms with Crippen LogP contribution in [-0.4, -0.2) is 26.9 Å². The Kier molecular flexibility index (Phi) is 2.64. The molecule has 0 aliphatic heterocycles. The van der Waals surface area contributed by atoms with Gasteiger partial charge < -0.3 is 10.2 Å². The zero-order valence-corrected chi connectivity index (χ0v) is 11.0. The molecule has 110 valence electrons. The monoisotopic (exact) mass is 302 g/mol. The van der Waals surface area contributed by atoms with Crippen LogP contribution in [0, 0.1) is 11.3 Å². The van der Waals surface area contributed by atoms with Crippen LogP contribution in [0.5, 0.6) is 5.75 Å². The maximum Gasteiger partial charge on any atom is 0.303 e. The fourth-order valence-electron chi connectivity index (χ4n) is 1.59. The standard InChI is InChI=1S/C16H12N2O4/c17-8-10-2-1-3-11(6-10)12-7-14(20)16(18-9-12)13(19)4-5-15(21)22/h1-3,6-7,9,20H,4-5H2,(H,21,22)/i1D,2D,3D,5D2,6D. The lowest BCUT2D eigenvalue weighted by Gasteiger charge is -2.06. The highest BCUT2D eigenvalue weighted by atomic mass is 16.4. The number of aromatic nitrogens is 1. The van der Waals surface area contributed by atoms with Crippen LogP contribution in [0.4, 0.5) is 0 Å². The summed E-state index contributed by atoms with van der Waals surface area (Å²) in [6, 6.07) is 0.301. The summed E-state index contributed by atoms with van der Waals surface area (Å²) < 4.78 is 45.9. The molecule has 0 unspecified atom stereocenters. The number of rotatable bonds is 5. The van der Waals surface area contributed by atoms with Crippen LogP contribution in [-0.2, 0) is 4.79 Å². The van der Waals surface area contributed by atoms with E-state index < -0.39 is 65.7 Å². The third kappa shape index (κ3) is 3.46. The average Bonchev–Trinajstić information content (AvgIpc) is 2.60. The van der Waals surface area contributed by atoms with Crippen molar-refractivity contribution < 1.29 is 28.0 Å². The summed E-state index contributed by atoms with van der Waals surface area (Å²) in [4.78, 5) is 26.5. The summed E-state index contributed by atoms with van der Waals surface area (Å²) in [7, 11) is 0. The van der Waals surface area contributed by atoms with Gasteiger partial charge in [0.25, 0.3) is 0 Å². The second kappa shape index (κ2) is 6.50. The van der Waals surface area contributed by atoms with Crippen molar-refractivity contribution in [1.29, 1.82) is 5.26 Å². The molecule has 6 nitrogen and oxygen atoms in total. The average molecular weight is 302 g/mol. The van der Waals surface area contributed by atoms with E-state index in [1.54, 1.807) is 6.07 Å². The Bertz CT molecular complexity index is 1050. The molecule has 0 bridgehead atoms. The first-order valence-corrected chi connectivity index (χ1v) is 5.88. The van der Waals surface area contributed by atoms with Crippen LogP contribution in [0.3, 0.4) is 0 Å². The molecule has 0 atom stereocenters. The van der Waals surface area contributed by atoms with E-state index in [9.17, 15) is 14.7 Å². The van der Waals surface area contributed by atoms with Crippen molar-refractivity contribution in [2.75, 3.05) is 0 Å². The predicted octanol–water partition coefficient (Wildman–Crippen LogP) is 2.37. The van der Waals surface area contributed by atoms with E-state index in [0.29, 0.717) is 0 Å². The molecule has 0 saturated carbocycles. The smallest absolute Gasteiger partial charge is 0.303 e. The number of hydrogen-bond acceptors (Lipinski definition) is 5. The van der Waals surface area contributed by atoms with Crippen molar-refractivity contribution >= 4 is 11.8 Å². The summed E-state index contributed by atoms with van der Waals surface area (Å²) in [5.41, 5.74) is -1.36. The first-order valence-electron chi connectivity index (χ1n) is 8.88. The van der Waals surface area contributed by atoms with Crippen molar-refractivity contribution in [1.82, 2.24) is 4.98 Å². The van der Waals surface area contributed by atoms with Gasteiger partial charge in [-0.2, -0.15) is 5.26 Å². The highest BCUT2D eigenvalue weighted by Gasteiger charge is 2.15. The van der Waals surface area contributed by atoms with Gasteiger partial charge in [-0.3, -0.25) is 9.59 Å². The number of aliphatic carboxylic acids is 1. The van der Waals surface area contributed by atoms with Gasteiger partial charge in [-0.05, 0) is 23.7 Å². The largest absolute Gasteiger partial charge is 0.506 e. The molecule has 1 aromatic heterocycles. The van der Waals surface area contributed by atoms with E-state index in [1.807, 2.05) is 0 Å². The Hall–Kier alpha value is -3.20. The number of benzene rings is 1. The third-order valence-electron chi connectivity index (χ3n) is 2.56. The molecule has 0 spiro atoms. The van der Waals surface area contributed by atoms with Gasteiger partial charge in [-0.25, -0.2) is 4.98 Å². The van der Waals surface area contributed by atoms with Gasteiger partial charge in [0.2, 0.25) is 0 Å². The molecule has 0 radical (unpaired) electrons. The second-order valence-electron chi connectivity index (χ2n) is 4.04. The number of Topliss-reactive ketones (excluding diaryl/α,β-unsaturated/α-hetero) is 1. The van der Waals surface area contributed by atoms with Gasteiger partial charge in [0.05, 0.1) is 23.5 Å². The van der Waals surface area contributed by atoms with Crippen LogP contribution < -0.4 is 0 Å². The molecule has 0 aliphatic rings. The van der Waals surface area contributed by atoms with Crippen molar-refractivity contribution in [2.24, 2.45) is 0 Å². The van der Waals surface area contributed by atoms with E-state index >= 15 is 0 Å². The summed E-state index contributed by atoms with van der Waals surface area (Å²) in [6.45, 7) is 0. The normalized spacial score (nSPS) is 14.5. The summed E-state index contributed by atoms with van der Waals surface area (Å²) >= 11 is 0. The van der Waals surface area contributed by atoms with Crippen molar-refractivity contribution in [3.05, 3.63) is 47.7 Å². The Morgan fingerprint density at radius 2 is 2.18 bits per heavy atom. The number of carboxylic acid groups (broad SMARTS) is 1. The van der Waals surface area contributed by atoms with Crippen LogP contribution >= 0.6 is 0 Å². The Morgan fingerprint density at radius 1 is 1.41 bits per heavy atom. The molecular weight excluding hydrogens is 284 g/mol. The third-order valence-corrected chi connectivity index (χ3v) is 2.56. The summed E-state index contributed by atoms with van der Waals surface area (Å²) in [6.07, 6.45) is -2.96. The van der Waals surface area contributed by atoms with Crippen LogP contribution in [0.15, 0.2) is 36.4 Å². The second-order valence-corrected chi connectivity index (χ2v) is 4.04. The maximum absolute atomic E-state index is 12.1. The molecule has 0 aliphatic carbocycles. The van der Waals surface area contributed by atoms with E-state index in [-0.39, 0.29) is 11.1 Å². The Morgan fingerprint density at radius 3 is 2.82 bits per heavy atom. The first kappa shape index (κ1) is 8.95. The van der Waals surface area contributed by atoms with Crippen LogP contribution in [0.2, 0.25) is 0 Å². The number of carboxylic acids is 1. The lowest BCUT2D eigenvalue weighted by molar-refractivity contribution is -0.136. The van der Waals surface area contributed by atoms with E-state index in [2.05, 4.69) is 4.98 Å². The minimum atomic E-state index is -2.86. The van der Waals surface area contributed by atoms with Crippen LogP contribution in [0.1, 0.15) is 37.1 Å². The number of carbonyl (C=O) groups is 2. The molecule has 1 aromatic carbocycles. The summed E-state index contributed by atoms with van der Waals surface area (Å²) in [5.74, 6) is -3.67. The number of ketones is 1. The number of carbonyl (C=O) groups excluding carboxylic acids is 1. The number of pyridine rings is 1. The Labute approximate surface area is 134 Å². The van der Waals surface area contributed by atoms with Gasteiger partial charge in [0, 0.05) is 20.9 Å². The highest BCUT2D eigenvalue weighted by Crippen LogP contribution is 2.26. The maximum atomic E-state index is 12.1. The van der Waals surface area contributed by atoms with Gasteiger partial charge in [-0.15, -0.1) is 0 Å². The lowest BCUT2D eigenvalue weighted by Crippen LogP contribution is -2.06. The first-order chi connectivity index (χ1) is 12.9. The minimum Gasteiger partial charge on any atom is -0.506 e. The number of nitrogens with zero attached hydrogens (tertiary/aromatic N) is 2. The van der Waals surface area contributed by atoms with Gasteiger partial charge in [-0.1, -0.05) is 12.1 Å². The summed E-state index contributed by atoms with van der Waals surface area (Å²) in [5, 5.41) is 27.9. The minimum absolute atomic E-state index is 0.0738. The number of nitriles is 1. The molecular formula is C16H12N2O4. The zero-order chi connectivity index (χ0) is 21.4. The molecule has 1 heterocycles. The molecule has 2 aromatic rings. The number of hydrogen-bond donors (Lipinski definition) is 2.